The fourth-order valence-corrected chi connectivity index (χ4v) is 2.99. The molecule has 0 aliphatic rings. The molecule has 0 radical (unpaired) electrons. The first-order valence-corrected chi connectivity index (χ1v) is 9.64. The fraction of sp³-hybridized carbons (Fsp3) is 0.350. The van der Waals surface area contributed by atoms with E-state index in [9.17, 15) is 0 Å². The Bertz CT molecular complexity index is 1100. The maximum atomic E-state index is 6.04. The number of nitrogens with zero attached hydrogens (tertiary/aromatic N) is 7. The lowest BCUT2D eigenvalue weighted by molar-refractivity contribution is 0.272. The van der Waals surface area contributed by atoms with Crippen LogP contribution in [-0.4, -0.2) is 41.3 Å². The molecule has 0 unspecified atom stereocenters. The van der Waals surface area contributed by atoms with Crippen LogP contribution in [0.25, 0.3) is 17.0 Å². The average Bonchev–Trinajstić information content (AvgIpc) is 3.29. The molecule has 1 aromatic carbocycles. The van der Waals surface area contributed by atoms with Gasteiger partial charge in [-0.2, -0.15) is 4.98 Å². The molecule has 3 heterocycles. The molecule has 0 amide bonds. The summed E-state index contributed by atoms with van der Waals surface area (Å²) in [6.45, 7) is 5.59. The molecule has 0 aliphatic carbocycles. The third-order valence-electron chi connectivity index (χ3n) is 4.51. The van der Waals surface area contributed by atoms with Gasteiger partial charge in [-0.3, -0.25) is 0 Å². The van der Waals surface area contributed by atoms with Gasteiger partial charge in [0.25, 0.3) is 5.95 Å². The smallest absolute Gasteiger partial charge is 0.305 e. The zero-order valence-corrected chi connectivity index (χ0v) is 16.8. The number of fused-ring (bicyclic) bond motifs is 1. The minimum atomic E-state index is 0.286. The molecule has 150 valence electrons. The summed E-state index contributed by atoms with van der Waals surface area (Å²) in [6, 6.07) is 14.1. The molecule has 0 bridgehead atoms. The van der Waals surface area contributed by atoms with E-state index in [1.54, 1.807) is 16.3 Å². The van der Waals surface area contributed by atoms with Gasteiger partial charge in [0.15, 0.2) is 0 Å². The Morgan fingerprint density at radius 3 is 2.72 bits per heavy atom. The molecule has 29 heavy (non-hydrogen) atoms. The maximum absolute atomic E-state index is 6.04. The molecular formula is C20H24N8O. The molecule has 3 aromatic heterocycles. The summed E-state index contributed by atoms with van der Waals surface area (Å²) in [4.78, 5) is 9.23. The van der Waals surface area contributed by atoms with Crippen molar-refractivity contribution in [3.05, 3.63) is 48.2 Å². The van der Waals surface area contributed by atoms with Crippen LogP contribution in [0.3, 0.4) is 0 Å². The van der Waals surface area contributed by atoms with Crippen molar-refractivity contribution in [2.45, 2.75) is 26.9 Å². The van der Waals surface area contributed by atoms with E-state index in [1.165, 1.54) is 0 Å². The van der Waals surface area contributed by atoms with Crippen molar-refractivity contribution in [3.8, 4) is 12.0 Å². The summed E-state index contributed by atoms with van der Waals surface area (Å²) in [5.41, 5.74) is 2.49. The molecule has 0 saturated heterocycles. The van der Waals surface area contributed by atoms with E-state index >= 15 is 0 Å². The lowest BCUT2D eigenvalue weighted by Gasteiger charge is -2.10. The number of tetrazole rings is 1. The van der Waals surface area contributed by atoms with E-state index in [4.69, 9.17) is 4.74 Å². The zero-order chi connectivity index (χ0) is 20.2. The van der Waals surface area contributed by atoms with Crippen LogP contribution in [0.4, 0.5) is 5.82 Å². The number of aromatic nitrogens is 7. The molecule has 0 spiro atoms. The predicted octanol–water partition coefficient (Wildman–Crippen LogP) is 2.98. The first-order valence-electron chi connectivity index (χ1n) is 9.64. The Morgan fingerprint density at radius 2 is 1.93 bits per heavy atom. The van der Waals surface area contributed by atoms with Gasteiger partial charge in [-0.25, -0.2) is 14.2 Å². The molecule has 9 nitrogen and oxygen atoms in total. The van der Waals surface area contributed by atoms with Gasteiger partial charge in [0.1, 0.15) is 12.4 Å². The van der Waals surface area contributed by atoms with E-state index in [0.29, 0.717) is 17.9 Å². The van der Waals surface area contributed by atoms with Crippen molar-refractivity contribution in [2.24, 2.45) is 13.0 Å². The van der Waals surface area contributed by atoms with Crippen LogP contribution >= 0.6 is 0 Å². The minimum absolute atomic E-state index is 0.286. The van der Waals surface area contributed by atoms with E-state index in [0.717, 1.165) is 35.5 Å². The van der Waals surface area contributed by atoms with Crippen molar-refractivity contribution in [3.63, 3.8) is 0 Å². The Morgan fingerprint density at radius 1 is 1.07 bits per heavy atom. The van der Waals surface area contributed by atoms with Crippen LogP contribution in [-0.2, 0) is 13.7 Å². The Labute approximate surface area is 168 Å². The van der Waals surface area contributed by atoms with E-state index in [-0.39, 0.29) is 6.61 Å². The van der Waals surface area contributed by atoms with Crippen LogP contribution in [0.1, 0.15) is 26.0 Å². The van der Waals surface area contributed by atoms with Crippen molar-refractivity contribution in [1.29, 1.82) is 0 Å². The summed E-state index contributed by atoms with van der Waals surface area (Å²) < 4.78 is 9.42. The van der Waals surface area contributed by atoms with Gasteiger partial charge >= 0.3 is 6.01 Å². The van der Waals surface area contributed by atoms with Gasteiger partial charge < -0.3 is 10.1 Å². The monoisotopic (exact) mass is 392 g/mol. The highest BCUT2D eigenvalue weighted by Crippen LogP contribution is 2.25. The largest absolute Gasteiger partial charge is 0.458 e. The van der Waals surface area contributed by atoms with Crippen molar-refractivity contribution in [1.82, 2.24) is 34.7 Å². The third-order valence-corrected chi connectivity index (χ3v) is 4.51. The summed E-state index contributed by atoms with van der Waals surface area (Å²) in [5, 5.41) is 15.1. The number of hydrogen-bond acceptors (Lipinski definition) is 7. The predicted molar refractivity (Wildman–Crippen MR) is 110 cm³/mol. The fourth-order valence-electron chi connectivity index (χ4n) is 2.99. The Balaban J connectivity index is 1.56. The Kier molecular flexibility index (Phi) is 5.37. The molecule has 4 aromatic rings. The topological polar surface area (TPSA) is 95.6 Å². The second-order valence-electron chi connectivity index (χ2n) is 7.23. The second kappa shape index (κ2) is 8.26. The summed E-state index contributed by atoms with van der Waals surface area (Å²) >= 11 is 0. The van der Waals surface area contributed by atoms with E-state index in [2.05, 4.69) is 44.7 Å². The third kappa shape index (κ3) is 4.18. The van der Waals surface area contributed by atoms with Crippen LogP contribution in [0.15, 0.2) is 42.5 Å². The molecular weight excluding hydrogens is 368 g/mol. The molecule has 0 aliphatic heterocycles. The first-order chi connectivity index (χ1) is 14.1. The van der Waals surface area contributed by atoms with Gasteiger partial charge in [0.05, 0.1) is 16.7 Å². The summed E-state index contributed by atoms with van der Waals surface area (Å²) in [7, 11) is 1.78. The summed E-state index contributed by atoms with van der Waals surface area (Å²) in [5.74, 6) is 2.03. The van der Waals surface area contributed by atoms with Gasteiger partial charge in [-0.15, -0.1) is 0 Å². The van der Waals surface area contributed by atoms with Crippen molar-refractivity contribution in [2.75, 3.05) is 11.9 Å². The SMILES string of the molecule is CC(C)CCNc1cccc(COc2nc3ccccc3n2-c2nnnn2C)n1. The van der Waals surface area contributed by atoms with Crippen LogP contribution in [0.5, 0.6) is 6.01 Å². The standard InChI is InChI=1S/C20H24N8O/c1-14(2)11-12-21-18-10-6-7-15(22-18)13-29-20-23-16-8-4-5-9-17(16)28(20)19-24-25-26-27(19)3/h4-10,14H,11-13H2,1-3H3,(H,21,22). The Hall–Kier alpha value is -3.49. The number of para-hydroxylation sites is 2. The number of rotatable bonds is 8. The zero-order valence-electron chi connectivity index (χ0n) is 16.8. The number of nitrogens with one attached hydrogen (secondary N) is 1. The van der Waals surface area contributed by atoms with Gasteiger partial charge in [-0.05, 0) is 47.0 Å². The highest BCUT2D eigenvalue weighted by atomic mass is 16.5. The minimum Gasteiger partial charge on any atom is -0.458 e. The van der Waals surface area contributed by atoms with Crippen molar-refractivity contribution >= 4 is 16.9 Å². The van der Waals surface area contributed by atoms with E-state index in [1.807, 2.05) is 42.5 Å². The number of aryl methyl sites for hydroxylation is 1. The van der Waals surface area contributed by atoms with Crippen molar-refractivity contribution < 1.29 is 4.74 Å². The first kappa shape index (κ1) is 18.9. The molecule has 0 fully saturated rings. The maximum Gasteiger partial charge on any atom is 0.305 e. The molecule has 1 N–H and O–H groups in total. The number of pyridine rings is 1. The molecule has 0 saturated carbocycles. The second-order valence-corrected chi connectivity index (χ2v) is 7.23. The number of benzene rings is 1. The highest BCUT2D eigenvalue weighted by Gasteiger charge is 2.18. The highest BCUT2D eigenvalue weighted by molar-refractivity contribution is 5.78. The average molecular weight is 392 g/mol. The number of ether oxygens (including phenoxy) is 1. The van der Waals surface area contributed by atoms with Crippen LogP contribution in [0, 0.1) is 5.92 Å². The summed E-state index contributed by atoms with van der Waals surface area (Å²) in [6.07, 6.45) is 1.10. The van der Waals surface area contributed by atoms with Crippen LogP contribution < -0.4 is 10.1 Å². The quantitative estimate of drug-likeness (QED) is 0.492. The van der Waals surface area contributed by atoms with Crippen LogP contribution in [0.2, 0.25) is 0 Å². The van der Waals surface area contributed by atoms with Gasteiger partial charge in [0, 0.05) is 13.6 Å². The number of anilines is 1. The normalized spacial score (nSPS) is 11.3. The van der Waals surface area contributed by atoms with Gasteiger partial charge in [-0.1, -0.05) is 37.1 Å². The lowest BCUT2D eigenvalue weighted by Crippen LogP contribution is -2.10. The van der Waals surface area contributed by atoms with E-state index < -0.39 is 0 Å². The molecule has 0 atom stereocenters. The molecule has 9 heteroatoms. The molecule has 4 rings (SSSR count). The lowest BCUT2D eigenvalue weighted by atomic mass is 10.1. The van der Waals surface area contributed by atoms with Gasteiger partial charge in [0.2, 0.25) is 0 Å². The number of hydrogen-bond donors (Lipinski definition) is 1. The number of imidazole rings is 1.